The van der Waals surface area contributed by atoms with Gasteiger partial charge in [-0.3, -0.25) is 9.59 Å². The zero-order valence-corrected chi connectivity index (χ0v) is 24.6. The van der Waals surface area contributed by atoms with Crippen LogP contribution in [0.5, 0.6) is 0 Å². The summed E-state index contributed by atoms with van der Waals surface area (Å²) in [4.78, 5) is 60.7. The lowest BCUT2D eigenvalue weighted by atomic mass is 9.82. The molecule has 2 aliphatic carbocycles. The van der Waals surface area contributed by atoms with Crippen LogP contribution in [0.15, 0.2) is 0 Å². The van der Waals surface area contributed by atoms with Gasteiger partial charge in [-0.05, 0) is 105 Å². The largest absolute Gasteiger partial charge is 0.476 e. The molecule has 0 radical (unpaired) electrons. The number of carboxylic acids is 1. The summed E-state index contributed by atoms with van der Waals surface area (Å²) >= 11 is 0. The molecule has 2 fully saturated rings. The summed E-state index contributed by atoms with van der Waals surface area (Å²) in [6.45, 7) is 11.5. The zero-order valence-electron chi connectivity index (χ0n) is 24.6. The summed E-state index contributed by atoms with van der Waals surface area (Å²) in [5, 5.41) is 15.0. The van der Waals surface area contributed by atoms with Gasteiger partial charge in [0.2, 0.25) is 0 Å². The molecular formula is C28H46N2O10. The number of ether oxygens (including phenoxy) is 4. The number of hydrogen-bond donors (Lipinski definition) is 3. The van der Waals surface area contributed by atoms with Crippen molar-refractivity contribution < 1.29 is 48.0 Å². The molecule has 228 valence electrons. The fourth-order valence-electron chi connectivity index (χ4n) is 4.82. The van der Waals surface area contributed by atoms with Gasteiger partial charge >= 0.3 is 36.4 Å². The lowest BCUT2D eigenvalue weighted by Gasteiger charge is -2.29. The third kappa shape index (κ3) is 12.4. The number of amides is 2. The number of rotatable bonds is 9. The first kappa shape index (κ1) is 33.2. The van der Waals surface area contributed by atoms with E-state index in [2.05, 4.69) is 10.6 Å². The number of aliphatic carboxylic acids is 1. The molecule has 0 bridgehead atoms. The van der Waals surface area contributed by atoms with Crippen LogP contribution in [-0.2, 0) is 33.3 Å². The Hall–Kier alpha value is -3.05. The Morgan fingerprint density at radius 3 is 1.25 bits per heavy atom. The van der Waals surface area contributed by atoms with E-state index in [-0.39, 0.29) is 11.8 Å². The fraction of sp³-hybridized carbons (Fsp3) is 0.821. The predicted molar refractivity (Wildman–Crippen MR) is 143 cm³/mol. The standard InChI is InChI=1S/C28H46N2O10/c1-27(2,3)39-25(35)29-15-17-7-11-19(12-8-17)22(33)37-24(21(31)32)38-23(34)20-13-9-18(10-14-20)16-30-26(36)40-28(4,5)6/h17-20,24H,7-16H2,1-6H3,(H,29,35)(H,30,36)(H,31,32). The van der Waals surface area contributed by atoms with Gasteiger partial charge in [-0.1, -0.05) is 0 Å². The normalized spacial score (nSPS) is 24.1. The van der Waals surface area contributed by atoms with Gasteiger partial charge < -0.3 is 34.7 Å². The van der Waals surface area contributed by atoms with Gasteiger partial charge in [0.25, 0.3) is 0 Å². The van der Waals surface area contributed by atoms with Crippen molar-refractivity contribution in [3.8, 4) is 0 Å². The van der Waals surface area contributed by atoms with Crippen LogP contribution in [0, 0.1) is 23.7 Å². The molecule has 40 heavy (non-hydrogen) atoms. The number of hydrogen-bond acceptors (Lipinski definition) is 9. The van der Waals surface area contributed by atoms with E-state index in [0.29, 0.717) is 64.5 Å². The topological polar surface area (TPSA) is 167 Å². The molecule has 0 aromatic rings. The van der Waals surface area contributed by atoms with Gasteiger partial charge in [-0.25, -0.2) is 14.4 Å². The summed E-state index contributed by atoms with van der Waals surface area (Å²) in [6.07, 6.45) is 1.51. The average Bonchev–Trinajstić information content (AvgIpc) is 2.84. The van der Waals surface area contributed by atoms with Crippen LogP contribution in [0.4, 0.5) is 9.59 Å². The predicted octanol–water partition coefficient (Wildman–Crippen LogP) is 4.15. The molecular weight excluding hydrogens is 524 g/mol. The molecule has 0 aliphatic heterocycles. The molecule has 0 saturated heterocycles. The molecule has 0 heterocycles. The number of alkyl carbamates (subject to hydrolysis) is 2. The van der Waals surface area contributed by atoms with Crippen molar-refractivity contribution in [1.29, 1.82) is 0 Å². The molecule has 2 rings (SSSR count). The molecule has 0 unspecified atom stereocenters. The zero-order chi connectivity index (χ0) is 30.1. The van der Waals surface area contributed by atoms with E-state index in [9.17, 15) is 29.1 Å². The van der Waals surface area contributed by atoms with E-state index in [0.717, 1.165) is 0 Å². The molecule has 0 atom stereocenters. The van der Waals surface area contributed by atoms with Crippen LogP contribution in [0.1, 0.15) is 92.9 Å². The van der Waals surface area contributed by atoms with E-state index in [4.69, 9.17) is 18.9 Å². The quantitative estimate of drug-likeness (QED) is 0.208. The minimum absolute atomic E-state index is 0.166. The highest BCUT2D eigenvalue weighted by Crippen LogP contribution is 2.31. The highest BCUT2D eigenvalue weighted by Gasteiger charge is 2.36. The Bertz CT molecular complexity index is 826. The molecule has 2 aliphatic rings. The summed E-state index contributed by atoms with van der Waals surface area (Å²) in [5.41, 5.74) is -1.18. The van der Waals surface area contributed by atoms with Crippen LogP contribution in [0.3, 0.4) is 0 Å². The second-order valence-electron chi connectivity index (χ2n) is 12.7. The van der Waals surface area contributed by atoms with Gasteiger partial charge in [-0.15, -0.1) is 0 Å². The summed E-state index contributed by atoms with van der Waals surface area (Å²) < 4.78 is 20.6. The van der Waals surface area contributed by atoms with E-state index in [1.54, 1.807) is 41.5 Å². The number of carbonyl (C=O) groups is 5. The molecule has 0 aromatic carbocycles. The minimum atomic E-state index is -2.00. The molecule has 12 heteroatoms. The molecule has 0 spiro atoms. The lowest BCUT2D eigenvalue weighted by Crippen LogP contribution is -2.39. The van der Waals surface area contributed by atoms with Crippen LogP contribution in [0.2, 0.25) is 0 Å². The number of carbonyl (C=O) groups excluding carboxylic acids is 4. The number of nitrogens with one attached hydrogen (secondary N) is 2. The first-order valence-electron chi connectivity index (χ1n) is 14.1. The van der Waals surface area contributed by atoms with Crippen molar-refractivity contribution in [1.82, 2.24) is 10.6 Å². The van der Waals surface area contributed by atoms with E-state index >= 15 is 0 Å². The van der Waals surface area contributed by atoms with Crippen LogP contribution >= 0.6 is 0 Å². The molecule has 12 nitrogen and oxygen atoms in total. The van der Waals surface area contributed by atoms with Crippen molar-refractivity contribution in [3.63, 3.8) is 0 Å². The van der Waals surface area contributed by atoms with E-state index in [1.165, 1.54) is 0 Å². The van der Waals surface area contributed by atoms with Gasteiger partial charge in [0.05, 0.1) is 11.8 Å². The Morgan fingerprint density at radius 1 is 0.650 bits per heavy atom. The van der Waals surface area contributed by atoms with Gasteiger partial charge in [0, 0.05) is 13.1 Å². The third-order valence-electron chi connectivity index (χ3n) is 6.88. The Morgan fingerprint density at radius 2 is 0.975 bits per heavy atom. The Labute approximate surface area is 236 Å². The van der Waals surface area contributed by atoms with Crippen LogP contribution in [0.25, 0.3) is 0 Å². The lowest BCUT2D eigenvalue weighted by molar-refractivity contribution is -0.206. The second kappa shape index (κ2) is 14.5. The monoisotopic (exact) mass is 570 g/mol. The van der Waals surface area contributed by atoms with Gasteiger partial charge in [-0.2, -0.15) is 0 Å². The van der Waals surface area contributed by atoms with E-state index in [1.807, 2.05) is 0 Å². The Balaban J connectivity index is 1.73. The van der Waals surface area contributed by atoms with Crippen LogP contribution < -0.4 is 10.6 Å². The molecule has 2 amide bonds. The average molecular weight is 571 g/mol. The summed E-state index contributed by atoms with van der Waals surface area (Å²) in [5.74, 6) is -3.66. The Kier molecular flexibility index (Phi) is 12.1. The third-order valence-corrected chi connectivity index (χ3v) is 6.88. The maximum absolute atomic E-state index is 12.6. The fourth-order valence-corrected chi connectivity index (χ4v) is 4.82. The number of esters is 2. The van der Waals surface area contributed by atoms with Crippen molar-refractivity contribution in [2.24, 2.45) is 23.7 Å². The number of carboxylic acid groups (broad SMARTS) is 1. The highest BCUT2D eigenvalue weighted by atomic mass is 16.7. The maximum atomic E-state index is 12.6. The first-order valence-corrected chi connectivity index (χ1v) is 14.1. The highest BCUT2D eigenvalue weighted by molar-refractivity contribution is 5.81. The first-order chi connectivity index (χ1) is 18.5. The van der Waals surface area contributed by atoms with Crippen LogP contribution in [-0.4, -0.2) is 65.8 Å². The molecule has 3 N–H and O–H groups in total. The smallest absolute Gasteiger partial charge is 0.407 e. The summed E-state index contributed by atoms with van der Waals surface area (Å²) in [6, 6.07) is 0. The minimum Gasteiger partial charge on any atom is -0.476 e. The van der Waals surface area contributed by atoms with Crippen molar-refractivity contribution >= 4 is 30.1 Å². The molecule has 0 aromatic heterocycles. The van der Waals surface area contributed by atoms with Gasteiger partial charge in [0.15, 0.2) is 0 Å². The van der Waals surface area contributed by atoms with Crippen molar-refractivity contribution in [2.45, 2.75) is 110 Å². The SMILES string of the molecule is CC(C)(C)OC(=O)NCC1CCC(C(=O)OC(OC(=O)C2CCC(CNC(=O)OC(C)(C)C)CC2)C(=O)O)CC1. The summed E-state index contributed by atoms with van der Waals surface area (Å²) in [7, 11) is 0. The molecule has 2 saturated carbocycles. The van der Waals surface area contributed by atoms with Crippen molar-refractivity contribution in [2.75, 3.05) is 13.1 Å². The second-order valence-corrected chi connectivity index (χ2v) is 12.7. The van der Waals surface area contributed by atoms with E-state index < -0.39 is 59.4 Å². The van der Waals surface area contributed by atoms with Crippen molar-refractivity contribution in [3.05, 3.63) is 0 Å². The maximum Gasteiger partial charge on any atom is 0.407 e. The van der Waals surface area contributed by atoms with Gasteiger partial charge in [0.1, 0.15) is 11.2 Å².